The molecular formula is C13H16Cl2N2O. The van der Waals surface area contributed by atoms with Crippen LogP contribution in [0.2, 0.25) is 10.0 Å². The number of nitrogens with two attached hydrogens (primary N) is 1. The van der Waals surface area contributed by atoms with Crippen LogP contribution in [-0.2, 0) is 4.79 Å². The molecule has 1 amide bonds. The van der Waals surface area contributed by atoms with Crippen LogP contribution in [0.5, 0.6) is 0 Å². The van der Waals surface area contributed by atoms with Gasteiger partial charge in [-0.1, -0.05) is 36.5 Å². The van der Waals surface area contributed by atoms with Crippen molar-refractivity contribution in [2.24, 2.45) is 5.92 Å². The normalized spacial score (nSPS) is 19.6. The van der Waals surface area contributed by atoms with Gasteiger partial charge in [0.2, 0.25) is 5.91 Å². The van der Waals surface area contributed by atoms with E-state index >= 15 is 0 Å². The van der Waals surface area contributed by atoms with Gasteiger partial charge in [0.15, 0.2) is 0 Å². The van der Waals surface area contributed by atoms with Crippen LogP contribution in [0.25, 0.3) is 0 Å². The summed E-state index contributed by atoms with van der Waals surface area (Å²) in [6, 6.07) is 3.27. The monoisotopic (exact) mass is 286 g/mol. The predicted molar refractivity (Wildman–Crippen MR) is 76.2 cm³/mol. The molecule has 5 heteroatoms. The second kappa shape index (κ2) is 5.37. The topological polar surface area (TPSA) is 46.3 Å². The third-order valence-electron chi connectivity index (χ3n) is 3.31. The molecular weight excluding hydrogens is 271 g/mol. The van der Waals surface area contributed by atoms with Gasteiger partial charge in [0, 0.05) is 12.5 Å². The minimum absolute atomic E-state index is 0.114. The second-order valence-corrected chi connectivity index (χ2v) is 5.40. The van der Waals surface area contributed by atoms with E-state index in [1.807, 2.05) is 0 Å². The number of rotatable bonds is 3. The Labute approximate surface area is 117 Å². The molecule has 1 saturated heterocycles. The number of hydrogen-bond acceptors (Lipinski definition) is 2. The molecule has 18 heavy (non-hydrogen) atoms. The fraction of sp³-hybridized carbons (Fsp3) is 0.462. The average Bonchev–Trinajstić information content (AvgIpc) is 2.67. The van der Waals surface area contributed by atoms with Gasteiger partial charge in [-0.3, -0.25) is 4.79 Å². The van der Waals surface area contributed by atoms with Gasteiger partial charge in [-0.25, -0.2) is 0 Å². The van der Waals surface area contributed by atoms with Crippen molar-refractivity contribution in [2.45, 2.75) is 26.2 Å². The van der Waals surface area contributed by atoms with Gasteiger partial charge in [0.25, 0.3) is 0 Å². The summed E-state index contributed by atoms with van der Waals surface area (Å²) in [5.74, 6) is 0.253. The number of nitrogen functional groups attached to an aromatic ring is 1. The van der Waals surface area contributed by atoms with Gasteiger partial charge < -0.3 is 10.6 Å². The molecule has 0 aliphatic carbocycles. The Morgan fingerprint density at radius 1 is 1.39 bits per heavy atom. The largest absolute Gasteiger partial charge is 0.397 e. The van der Waals surface area contributed by atoms with Crippen molar-refractivity contribution in [3.63, 3.8) is 0 Å². The number of benzene rings is 1. The van der Waals surface area contributed by atoms with Gasteiger partial charge in [0.1, 0.15) is 0 Å². The first-order chi connectivity index (χ1) is 8.54. The highest BCUT2D eigenvalue weighted by Crippen LogP contribution is 2.37. The van der Waals surface area contributed by atoms with Crippen molar-refractivity contribution in [1.82, 2.24) is 0 Å². The Kier molecular flexibility index (Phi) is 4.03. The van der Waals surface area contributed by atoms with Crippen LogP contribution in [0, 0.1) is 5.92 Å². The summed E-state index contributed by atoms with van der Waals surface area (Å²) in [5.41, 5.74) is 6.88. The van der Waals surface area contributed by atoms with E-state index in [1.54, 1.807) is 17.0 Å². The second-order valence-electron chi connectivity index (χ2n) is 4.59. The Morgan fingerprint density at radius 3 is 2.78 bits per heavy atom. The smallest absolute Gasteiger partial charge is 0.230 e. The molecule has 0 bridgehead atoms. The van der Waals surface area contributed by atoms with Crippen LogP contribution in [-0.4, -0.2) is 12.5 Å². The van der Waals surface area contributed by atoms with E-state index in [-0.39, 0.29) is 11.8 Å². The van der Waals surface area contributed by atoms with E-state index in [2.05, 4.69) is 6.92 Å². The number of amides is 1. The van der Waals surface area contributed by atoms with Crippen LogP contribution in [0.15, 0.2) is 12.1 Å². The number of carbonyl (C=O) groups is 1. The number of halogens is 2. The lowest BCUT2D eigenvalue weighted by Gasteiger charge is -2.19. The van der Waals surface area contributed by atoms with Crippen molar-refractivity contribution < 1.29 is 4.79 Å². The minimum atomic E-state index is 0.114. The molecule has 0 spiro atoms. The molecule has 98 valence electrons. The first-order valence-corrected chi connectivity index (χ1v) is 6.86. The molecule has 1 aromatic rings. The Bertz CT molecular complexity index is 476. The summed E-state index contributed by atoms with van der Waals surface area (Å²) in [4.78, 5) is 14.0. The third-order valence-corrected chi connectivity index (χ3v) is 3.94. The molecule has 0 saturated carbocycles. The summed E-state index contributed by atoms with van der Waals surface area (Å²) in [6.45, 7) is 2.79. The quantitative estimate of drug-likeness (QED) is 0.861. The summed E-state index contributed by atoms with van der Waals surface area (Å²) in [7, 11) is 0. The number of carbonyl (C=O) groups excluding carboxylic acids is 1. The summed E-state index contributed by atoms with van der Waals surface area (Å²) >= 11 is 12.0. The third kappa shape index (κ3) is 2.43. The van der Waals surface area contributed by atoms with E-state index in [0.29, 0.717) is 28.0 Å². The molecule has 2 N–H and O–H groups in total. The van der Waals surface area contributed by atoms with Gasteiger partial charge in [-0.05, 0) is 25.0 Å². The zero-order chi connectivity index (χ0) is 13.3. The fourth-order valence-electron chi connectivity index (χ4n) is 2.35. The molecule has 1 heterocycles. The number of hydrogen-bond donors (Lipinski definition) is 1. The van der Waals surface area contributed by atoms with Crippen molar-refractivity contribution in [3.05, 3.63) is 22.2 Å². The highest BCUT2D eigenvalue weighted by atomic mass is 35.5. The summed E-state index contributed by atoms with van der Waals surface area (Å²) in [6.07, 6.45) is 2.82. The van der Waals surface area contributed by atoms with Gasteiger partial charge >= 0.3 is 0 Å². The zero-order valence-corrected chi connectivity index (χ0v) is 11.8. The van der Waals surface area contributed by atoms with Gasteiger partial charge in [-0.15, -0.1) is 0 Å². The van der Waals surface area contributed by atoms with Crippen molar-refractivity contribution in [1.29, 1.82) is 0 Å². The van der Waals surface area contributed by atoms with E-state index in [4.69, 9.17) is 28.9 Å². The maximum atomic E-state index is 12.2. The molecule has 2 rings (SSSR count). The van der Waals surface area contributed by atoms with Crippen LogP contribution in [0.3, 0.4) is 0 Å². The molecule has 1 fully saturated rings. The Morgan fingerprint density at radius 2 is 2.11 bits per heavy atom. The van der Waals surface area contributed by atoms with E-state index in [1.165, 1.54) is 0 Å². The van der Waals surface area contributed by atoms with Crippen LogP contribution >= 0.6 is 23.2 Å². The standard InChI is InChI=1S/C13H16Cl2N2O/c1-2-3-8-4-5-17(13(8)18)12-7-11(16)9(14)6-10(12)15/h6-8H,2-5,16H2,1H3. The van der Waals surface area contributed by atoms with Crippen LogP contribution in [0.4, 0.5) is 11.4 Å². The van der Waals surface area contributed by atoms with Crippen LogP contribution in [0.1, 0.15) is 26.2 Å². The molecule has 0 radical (unpaired) electrons. The lowest BCUT2D eigenvalue weighted by molar-refractivity contribution is -0.120. The molecule has 3 nitrogen and oxygen atoms in total. The average molecular weight is 287 g/mol. The first kappa shape index (κ1) is 13.5. The maximum absolute atomic E-state index is 12.2. The van der Waals surface area contributed by atoms with Crippen LogP contribution < -0.4 is 10.6 Å². The predicted octanol–water partition coefficient (Wildman–Crippen LogP) is 3.73. The van der Waals surface area contributed by atoms with Crippen molar-refractivity contribution in [3.8, 4) is 0 Å². The van der Waals surface area contributed by atoms with Crippen molar-refractivity contribution >= 4 is 40.5 Å². The Hall–Kier alpha value is -0.930. The molecule has 1 atom stereocenters. The van der Waals surface area contributed by atoms with Gasteiger partial charge in [-0.2, -0.15) is 0 Å². The first-order valence-electron chi connectivity index (χ1n) is 6.10. The molecule has 1 unspecified atom stereocenters. The fourth-order valence-corrected chi connectivity index (χ4v) is 2.84. The molecule has 1 aliphatic heterocycles. The van der Waals surface area contributed by atoms with Crippen molar-refractivity contribution in [2.75, 3.05) is 17.2 Å². The summed E-state index contributed by atoms with van der Waals surface area (Å²) in [5, 5.41) is 0.889. The minimum Gasteiger partial charge on any atom is -0.397 e. The summed E-state index contributed by atoms with van der Waals surface area (Å²) < 4.78 is 0. The lowest BCUT2D eigenvalue weighted by atomic mass is 10.0. The highest BCUT2D eigenvalue weighted by molar-refractivity contribution is 6.38. The molecule has 1 aliphatic rings. The van der Waals surface area contributed by atoms with E-state index in [0.717, 1.165) is 19.3 Å². The molecule has 1 aromatic carbocycles. The molecule has 0 aromatic heterocycles. The number of anilines is 2. The van der Waals surface area contributed by atoms with Gasteiger partial charge in [0.05, 0.1) is 21.4 Å². The maximum Gasteiger partial charge on any atom is 0.230 e. The lowest BCUT2D eigenvalue weighted by Crippen LogP contribution is -2.27. The van der Waals surface area contributed by atoms with E-state index < -0.39 is 0 Å². The van der Waals surface area contributed by atoms with E-state index in [9.17, 15) is 4.79 Å². The zero-order valence-electron chi connectivity index (χ0n) is 10.2. The SMILES string of the molecule is CCCC1CCN(c2cc(N)c(Cl)cc2Cl)C1=O. The highest BCUT2D eigenvalue weighted by Gasteiger charge is 2.32. The number of nitrogens with zero attached hydrogens (tertiary/aromatic N) is 1. The Balaban J connectivity index is 2.28.